The summed E-state index contributed by atoms with van der Waals surface area (Å²) in [6.45, 7) is 0.906. The number of sulfonamides is 1. The molecule has 1 atom stereocenters. The minimum atomic E-state index is -3.72. The molecule has 0 radical (unpaired) electrons. The Balaban J connectivity index is 1.51. The highest BCUT2D eigenvalue weighted by Crippen LogP contribution is 2.25. The van der Waals surface area contributed by atoms with Crippen molar-refractivity contribution in [2.75, 3.05) is 39.4 Å². The summed E-state index contributed by atoms with van der Waals surface area (Å²) in [6, 6.07) is 6.26. The van der Waals surface area contributed by atoms with Gasteiger partial charge in [0.2, 0.25) is 10.0 Å². The lowest BCUT2D eigenvalue weighted by atomic mass is 10.2. The molecule has 0 saturated carbocycles. The summed E-state index contributed by atoms with van der Waals surface area (Å²) in [5.41, 5.74) is 0. The lowest BCUT2D eigenvalue weighted by Gasteiger charge is -2.34. The van der Waals surface area contributed by atoms with E-state index in [-0.39, 0.29) is 48.6 Å². The van der Waals surface area contributed by atoms with Gasteiger partial charge in [-0.1, -0.05) is 23.7 Å². The molecule has 1 aromatic carbocycles. The molecular formula is C17H21ClN2O6S. The SMILES string of the molecule is O=C(OCC(=O)N1CCN(S(=O)(=O)c2ccccc2Cl)CC1)[C@H]1CCCO1. The molecule has 10 heteroatoms. The Labute approximate surface area is 163 Å². The Morgan fingerprint density at radius 1 is 1.19 bits per heavy atom. The maximum absolute atomic E-state index is 12.7. The number of carbonyl (C=O) groups excluding carboxylic acids is 2. The van der Waals surface area contributed by atoms with E-state index in [1.54, 1.807) is 12.1 Å². The standard InChI is InChI=1S/C17H21ClN2O6S/c18-13-4-1-2-6-15(13)27(23,24)20-9-7-19(8-10-20)16(21)12-26-17(22)14-5-3-11-25-14/h1-2,4,6,14H,3,5,7-12H2/t14-/m1/s1. The molecule has 2 aliphatic heterocycles. The second kappa shape index (κ2) is 8.55. The number of nitrogens with zero attached hydrogens (tertiary/aromatic N) is 2. The fourth-order valence-electron chi connectivity index (χ4n) is 3.05. The molecule has 27 heavy (non-hydrogen) atoms. The maximum atomic E-state index is 12.7. The third-order valence-corrected chi connectivity index (χ3v) is 6.97. The third-order valence-electron chi connectivity index (χ3n) is 4.58. The van der Waals surface area contributed by atoms with Crippen LogP contribution in [0.2, 0.25) is 5.02 Å². The molecule has 0 aromatic heterocycles. The molecule has 2 heterocycles. The first-order valence-corrected chi connectivity index (χ1v) is 10.5. The first kappa shape index (κ1) is 20.1. The first-order valence-electron chi connectivity index (χ1n) is 8.70. The predicted octanol–water partition coefficient (Wildman–Crippen LogP) is 0.895. The lowest BCUT2D eigenvalue weighted by Crippen LogP contribution is -2.51. The number of hydrogen-bond acceptors (Lipinski definition) is 6. The van der Waals surface area contributed by atoms with Gasteiger partial charge in [0, 0.05) is 32.8 Å². The Hall–Kier alpha value is -1.68. The Kier molecular flexibility index (Phi) is 6.36. The van der Waals surface area contributed by atoms with Crippen LogP contribution >= 0.6 is 11.6 Å². The van der Waals surface area contributed by atoms with E-state index in [9.17, 15) is 18.0 Å². The van der Waals surface area contributed by atoms with Crippen molar-refractivity contribution in [2.45, 2.75) is 23.8 Å². The molecule has 2 saturated heterocycles. The second-order valence-corrected chi connectivity index (χ2v) is 8.64. The van der Waals surface area contributed by atoms with E-state index in [4.69, 9.17) is 21.1 Å². The highest BCUT2D eigenvalue weighted by molar-refractivity contribution is 7.89. The lowest BCUT2D eigenvalue weighted by molar-refractivity contribution is -0.160. The van der Waals surface area contributed by atoms with Crippen LogP contribution in [0.1, 0.15) is 12.8 Å². The number of halogens is 1. The molecule has 0 bridgehead atoms. The van der Waals surface area contributed by atoms with E-state index in [1.165, 1.54) is 21.3 Å². The predicted molar refractivity (Wildman–Crippen MR) is 96.7 cm³/mol. The van der Waals surface area contributed by atoms with E-state index in [2.05, 4.69) is 0 Å². The fourth-order valence-corrected chi connectivity index (χ4v) is 4.97. The average molecular weight is 417 g/mol. The van der Waals surface area contributed by atoms with Gasteiger partial charge in [0.15, 0.2) is 12.7 Å². The van der Waals surface area contributed by atoms with Crippen LogP contribution in [0.5, 0.6) is 0 Å². The van der Waals surface area contributed by atoms with Crippen molar-refractivity contribution in [3.8, 4) is 0 Å². The normalized spacial score (nSPS) is 21.2. The van der Waals surface area contributed by atoms with Crippen molar-refractivity contribution < 1.29 is 27.5 Å². The number of piperazine rings is 1. The van der Waals surface area contributed by atoms with E-state index in [0.717, 1.165) is 6.42 Å². The molecule has 2 aliphatic rings. The van der Waals surface area contributed by atoms with Crippen molar-refractivity contribution in [1.29, 1.82) is 0 Å². The van der Waals surface area contributed by atoms with Gasteiger partial charge in [-0.2, -0.15) is 4.31 Å². The number of benzene rings is 1. The monoisotopic (exact) mass is 416 g/mol. The van der Waals surface area contributed by atoms with Gasteiger partial charge in [-0.3, -0.25) is 4.79 Å². The second-order valence-electron chi connectivity index (χ2n) is 6.32. The molecule has 0 aliphatic carbocycles. The van der Waals surface area contributed by atoms with Gasteiger partial charge in [-0.05, 0) is 25.0 Å². The van der Waals surface area contributed by atoms with Crippen molar-refractivity contribution in [2.24, 2.45) is 0 Å². The highest BCUT2D eigenvalue weighted by Gasteiger charge is 2.32. The number of rotatable bonds is 5. The fraction of sp³-hybridized carbons (Fsp3) is 0.529. The molecule has 0 N–H and O–H groups in total. The summed E-state index contributed by atoms with van der Waals surface area (Å²) in [5.74, 6) is -0.878. The van der Waals surface area contributed by atoms with Crippen molar-refractivity contribution in [3.05, 3.63) is 29.3 Å². The van der Waals surface area contributed by atoms with Crippen molar-refractivity contribution in [3.63, 3.8) is 0 Å². The van der Waals surface area contributed by atoms with Crippen molar-refractivity contribution in [1.82, 2.24) is 9.21 Å². The largest absolute Gasteiger partial charge is 0.454 e. The molecule has 0 spiro atoms. The van der Waals surface area contributed by atoms with Crippen LogP contribution in [0.4, 0.5) is 0 Å². The van der Waals surface area contributed by atoms with E-state index < -0.39 is 22.1 Å². The molecule has 2 fully saturated rings. The molecule has 1 amide bonds. The van der Waals surface area contributed by atoms with Crippen LogP contribution in [-0.4, -0.2) is 75.0 Å². The Morgan fingerprint density at radius 2 is 1.89 bits per heavy atom. The van der Waals surface area contributed by atoms with E-state index >= 15 is 0 Å². The van der Waals surface area contributed by atoms with E-state index in [1.807, 2.05) is 0 Å². The topological polar surface area (TPSA) is 93.2 Å². The third kappa shape index (κ3) is 4.60. The zero-order valence-electron chi connectivity index (χ0n) is 14.7. The number of carbonyl (C=O) groups is 2. The van der Waals surface area contributed by atoms with Crippen molar-refractivity contribution >= 4 is 33.5 Å². The molecule has 8 nitrogen and oxygen atoms in total. The highest BCUT2D eigenvalue weighted by atomic mass is 35.5. The van der Waals surface area contributed by atoms with Crippen LogP contribution in [-0.2, 0) is 29.1 Å². The van der Waals surface area contributed by atoms with Gasteiger partial charge >= 0.3 is 5.97 Å². The molecule has 148 valence electrons. The quantitative estimate of drug-likeness (QED) is 0.662. The van der Waals surface area contributed by atoms with Crippen LogP contribution in [0.25, 0.3) is 0 Å². The average Bonchev–Trinajstić information content (AvgIpc) is 3.21. The summed E-state index contributed by atoms with van der Waals surface area (Å²) >= 11 is 6.00. The van der Waals surface area contributed by atoms with Gasteiger partial charge in [0.25, 0.3) is 5.91 Å². The van der Waals surface area contributed by atoms with Gasteiger partial charge in [0.1, 0.15) is 4.90 Å². The molecule has 0 unspecified atom stereocenters. The Bertz CT molecular complexity index is 801. The van der Waals surface area contributed by atoms with Gasteiger partial charge in [-0.15, -0.1) is 0 Å². The summed E-state index contributed by atoms with van der Waals surface area (Å²) in [4.78, 5) is 25.5. The summed E-state index contributed by atoms with van der Waals surface area (Å²) in [5, 5.41) is 0.164. The summed E-state index contributed by atoms with van der Waals surface area (Å²) in [6.07, 6.45) is 0.816. The van der Waals surface area contributed by atoms with E-state index in [0.29, 0.717) is 13.0 Å². The number of hydrogen-bond donors (Lipinski definition) is 0. The number of esters is 1. The smallest absolute Gasteiger partial charge is 0.335 e. The van der Waals surface area contributed by atoms with Gasteiger partial charge in [0.05, 0.1) is 5.02 Å². The zero-order valence-corrected chi connectivity index (χ0v) is 16.2. The molecule has 1 aromatic rings. The first-order chi connectivity index (χ1) is 12.9. The molecule has 3 rings (SSSR count). The number of ether oxygens (including phenoxy) is 2. The summed E-state index contributed by atoms with van der Waals surface area (Å²) < 4.78 is 36.9. The van der Waals surface area contributed by atoms with Crippen LogP contribution in [0, 0.1) is 0 Å². The number of amides is 1. The van der Waals surface area contributed by atoms with Crippen LogP contribution < -0.4 is 0 Å². The maximum Gasteiger partial charge on any atom is 0.335 e. The van der Waals surface area contributed by atoms with Crippen LogP contribution in [0.15, 0.2) is 29.2 Å². The zero-order chi connectivity index (χ0) is 19.4. The minimum Gasteiger partial charge on any atom is -0.454 e. The van der Waals surface area contributed by atoms with Gasteiger partial charge < -0.3 is 14.4 Å². The summed E-state index contributed by atoms with van der Waals surface area (Å²) in [7, 11) is -3.72. The minimum absolute atomic E-state index is 0.0527. The van der Waals surface area contributed by atoms with Crippen LogP contribution in [0.3, 0.4) is 0 Å². The molecular weight excluding hydrogens is 396 g/mol. The Morgan fingerprint density at radius 3 is 2.52 bits per heavy atom. The van der Waals surface area contributed by atoms with Gasteiger partial charge in [-0.25, -0.2) is 13.2 Å².